The maximum Gasteiger partial charge on any atom is 1.00 e. The molecule has 3 heteroatoms. The van der Waals surface area contributed by atoms with Gasteiger partial charge in [0.1, 0.15) is 6.29 Å². The van der Waals surface area contributed by atoms with Crippen LogP contribution in [0.25, 0.3) is 10.9 Å². The van der Waals surface area contributed by atoms with Gasteiger partial charge in [0.05, 0.1) is 0 Å². The third kappa shape index (κ3) is 1.61. The number of carbonyl (C=O) groups excluding carboxylic acids is 1. The molecule has 0 amide bonds. The first kappa shape index (κ1) is 9.52. The molecule has 1 aromatic carbocycles. The van der Waals surface area contributed by atoms with Crippen LogP contribution in [0.3, 0.4) is 0 Å². The van der Waals surface area contributed by atoms with Crippen LogP contribution in [0.5, 0.6) is 0 Å². The second-order valence-corrected chi connectivity index (χ2v) is 2.36. The van der Waals surface area contributed by atoms with Crippen molar-refractivity contribution in [2.75, 3.05) is 0 Å². The predicted octanol–water partition coefficient (Wildman–Crippen LogP) is -1.39. The molecule has 1 heterocycles. The summed E-state index contributed by atoms with van der Waals surface area (Å²) in [6.07, 6.45) is 0.764. The Hall–Kier alpha value is -0.570. The number of carbonyl (C=O) groups is 1. The van der Waals surface area contributed by atoms with Gasteiger partial charge in [-0.1, -0.05) is 36.0 Å². The Bertz CT molecular complexity index is 361. The number of para-hydroxylation sites is 1. The van der Waals surface area contributed by atoms with Crippen molar-refractivity contribution >= 4 is 17.2 Å². The number of hydrogen-bond donors (Lipinski definition) is 0. The number of aromatic nitrogens is 1. The molecule has 0 N–H and O–H groups in total. The van der Waals surface area contributed by atoms with Crippen LogP contribution in [0.2, 0.25) is 0 Å². The number of rotatable bonds is 1. The summed E-state index contributed by atoms with van der Waals surface area (Å²) >= 11 is 0. The fourth-order valence-electron chi connectivity index (χ4n) is 1.10. The Kier molecular flexibility index (Phi) is 3.09. The molecule has 0 fully saturated rings. The van der Waals surface area contributed by atoms with Gasteiger partial charge in [0.15, 0.2) is 0 Å². The molecule has 54 valence electrons. The topological polar surface area (TPSA) is 31.2 Å². The van der Waals surface area contributed by atoms with Gasteiger partial charge in [0.2, 0.25) is 0 Å². The maximum absolute atomic E-state index is 10.3. The Morgan fingerprint density at radius 2 is 2.00 bits per heavy atom. The molecule has 0 radical (unpaired) electrons. The van der Waals surface area contributed by atoms with Gasteiger partial charge in [-0.05, 0) is 5.39 Å². The maximum atomic E-state index is 10.3. The number of aldehydes is 1. The molecule has 0 spiro atoms. The first-order chi connectivity index (χ1) is 5.40. The summed E-state index contributed by atoms with van der Waals surface area (Å²) in [7, 11) is 0. The van der Waals surface area contributed by atoms with Crippen LogP contribution < -0.4 is 34.5 Å². The van der Waals surface area contributed by atoms with Gasteiger partial charge in [-0.2, -0.15) is 0 Å². The van der Waals surface area contributed by atoms with E-state index in [4.69, 9.17) is 0 Å². The molecule has 2 aromatic rings. The van der Waals surface area contributed by atoms with Crippen molar-refractivity contribution < 1.29 is 34.4 Å². The van der Waals surface area contributed by atoms with E-state index in [0.717, 1.165) is 17.2 Å². The summed E-state index contributed by atoms with van der Waals surface area (Å²) in [5, 5.41) is 1.02. The normalized spacial score (nSPS) is 9.33. The van der Waals surface area contributed by atoms with Crippen molar-refractivity contribution in [3.05, 3.63) is 36.0 Å². The minimum absolute atomic E-state index is 0. The summed E-state index contributed by atoms with van der Waals surface area (Å²) in [6.45, 7) is 0. The van der Waals surface area contributed by atoms with E-state index < -0.39 is 0 Å². The van der Waals surface area contributed by atoms with Gasteiger partial charge in [-0.15, -0.1) is 5.52 Å². The molecule has 0 unspecified atom stereocenters. The quantitative estimate of drug-likeness (QED) is 0.387. The Morgan fingerprint density at radius 3 is 2.67 bits per heavy atom. The molecular formula is C9H6NNaO. The number of fused-ring (bicyclic) bond motifs is 1. The van der Waals surface area contributed by atoms with Gasteiger partial charge >= 0.3 is 29.6 Å². The molecule has 0 aliphatic heterocycles. The summed E-state index contributed by atoms with van der Waals surface area (Å²) in [5.41, 5.74) is 1.39. The third-order valence-corrected chi connectivity index (χ3v) is 1.61. The zero-order chi connectivity index (χ0) is 7.68. The van der Waals surface area contributed by atoms with E-state index in [1.54, 1.807) is 6.07 Å². The molecule has 0 aliphatic carbocycles. The van der Waals surface area contributed by atoms with E-state index >= 15 is 0 Å². The van der Waals surface area contributed by atoms with E-state index in [1.165, 1.54) is 0 Å². The minimum Gasteiger partial charge on any atom is -0.655 e. The van der Waals surface area contributed by atoms with E-state index in [2.05, 4.69) is 4.98 Å². The molecule has 0 saturated carbocycles. The first-order valence-electron chi connectivity index (χ1n) is 3.38. The average molecular weight is 167 g/mol. The number of nitrogens with zero attached hydrogens (tertiary/aromatic N) is 1. The van der Waals surface area contributed by atoms with Crippen LogP contribution in [-0.4, -0.2) is 6.29 Å². The van der Waals surface area contributed by atoms with E-state index in [1.807, 2.05) is 24.3 Å². The van der Waals surface area contributed by atoms with Gasteiger partial charge < -0.3 is 4.98 Å². The minimum atomic E-state index is 0. The molecule has 0 saturated heterocycles. The molecule has 12 heavy (non-hydrogen) atoms. The van der Waals surface area contributed by atoms with E-state index in [9.17, 15) is 4.79 Å². The summed E-state index contributed by atoms with van der Waals surface area (Å²) in [4.78, 5) is 14.4. The van der Waals surface area contributed by atoms with Crippen LogP contribution in [-0.2, 0) is 0 Å². The molecule has 0 bridgehead atoms. The van der Waals surface area contributed by atoms with Crippen LogP contribution in [0.4, 0.5) is 0 Å². The zero-order valence-electron chi connectivity index (χ0n) is 6.82. The Balaban J connectivity index is 0.000000720. The fraction of sp³-hybridized carbons (Fsp3) is 0. The summed E-state index contributed by atoms with van der Waals surface area (Å²) in [6, 6.07) is 9.45. The molecule has 2 rings (SSSR count). The molecule has 2 nitrogen and oxygen atoms in total. The number of benzene rings is 1. The van der Waals surface area contributed by atoms with Gasteiger partial charge in [-0.25, -0.2) is 0 Å². The SMILES string of the molecule is O=Cc1cc2ccccc2[n-]1.[Na+]. The van der Waals surface area contributed by atoms with Crippen molar-refractivity contribution in [2.24, 2.45) is 0 Å². The largest absolute Gasteiger partial charge is 1.00 e. The molecule has 0 atom stereocenters. The van der Waals surface area contributed by atoms with Crippen LogP contribution in [0.1, 0.15) is 10.5 Å². The molecule has 0 aliphatic rings. The van der Waals surface area contributed by atoms with Crippen molar-refractivity contribution in [1.82, 2.24) is 4.98 Å². The van der Waals surface area contributed by atoms with Gasteiger partial charge in [-0.3, -0.25) is 4.79 Å². The van der Waals surface area contributed by atoms with Crippen molar-refractivity contribution in [1.29, 1.82) is 0 Å². The predicted molar refractivity (Wildman–Crippen MR) is 42.7 cm³/mol. The number of hydrogen-bond acceptors (Lipinski definition) is 1. The third-order valence-electron chi connectivity index (χ3n) is 1.61. The monoisotopic (exact) mass is 167 g/mol. The molecular weight excluding hydrogens is 161 g/mol. The smallest absolute Gasteiger partial charge is 0.655 e. The van der Waals surface area contributed by atoms with E-state index in [0.29, 0.717) is 5.69 Å². The fourth-order valence-corrected chi connectivity index (χ4v) is 1.10. The van der Waals surface area contributed by atoms with Crippen molar-refractivity contribution in [3.8, 4) is 0 Å². The standard InChI is InChI=1S/C9H7NO.Na/c11-6-8-5-7-3-1-2-4-9(7)10-8;/h1-6H,(H,10,11);/q;+1/p-1. The van der Waals surface area contributed by atoms with E-state index in [-0.39, 0.29) is 29.6 Å². The van der Waals surface area contributed by atoms with Crippen LogP contribution in [0, 0.1) is 0 Å². The van der Waals surface area contributed by atoms with Gasteiger partial charge in [0.25, 0.3) is 0 Å². The second kappa shape index (κ2) is 3.90. The van der Waals surface area contributed by atoms with Crippen molar-refractivity contribution in [3.63, 3.8) is 0 Å². The second-order valence-electron chi connectivity index (χ2n) is 2.36. The Morgan fingerprint density at radius 1 is 1.25 bits per heavy atom. The van der Waals surface area contributed by atoms with Crippen molar-refractivity contribution in [2.45, 2.75) is 0 Å². The first-order valence-corrected chi connectivity index (χ1v) is 3.38. The van der Waals surface area contributed by atoms with Crippen LogP contribution >= 0.6 is 0 Å². The average Bonchev–Trinajstić information content (AvgIpc) is 2.46. The van der Waals surface area contributed by atoms with Crippen LogP contribution in [0.15, 0.2) is 30.3 Å². The Labute approximate surface area is 92.3 Å². The zero-order valence-corrected chi connectivity index (χ0v) is 8.82. The molecule has 1 aromatic heterocycles. The van der Waals surface area contributed by atoms with Gasteiger partial charge in [0, 0.05) is 0 Å². The summed E-state index contributed by atoms with van der Waals surface area (Å²) < 4.78 is 0. The summed E-state index contributed by atoms with van der Waals surface area (Å²) in [5.74, 6) is 0.